The van der Waals surface area contributed by atoms with Crippen molar-refractivity contribution in [1.82, 2.24) is 0 Å². The Hall–Kier alpha value is -0.490. The second-order valence-corrected chi connectivity index (χ2v) is 2.42. The fraction of sp³-hybridized carbons (Fsp3) is 0.250. The van der Waals surface area contributed by atoms with Crippen LogP contribution in [0.3, 0.4) is 0 Å². The van der Waals surface area contributed by atoms with Crippen LogP contribution < -0.4 is 0 Å². The lowest BCUT2D eigenvalue weighted by atomic mass is 10.2. The van der Waals surface area contributed by atoms with Gasteiger partial charge in [-0.3, -0.25) is 0 Å². The average molecular weight is 139 g/mol. The molecule has 0 atom stereocenters. The van der Waals surface area contributed by atoms with Crippen LogP contribution in [0.1, 0.15) is 11.1 Å². The van der Waals surface area contributed by atoms with Crippen LogP contribution in [0.4, 0.5) is 0 Å². The molecule has 1 aromatic rings. The van der Waals surface area contributed by atoms with E-state index in [1.54, 1.807) is 6.07 Å². The second kappa shape index (κ2) is 2.40. The highest BCUT2D eigenvalue weighted by Gasteiger charge is 1.92. The fourth-order valence-corrected chi connectivity index (χ4v) is 0.759. The highest BCUT2D eigenvalue weighted by molar-refractivity contribution is 6.31. The Morgan fingerprint density at radius 3 is 2.56 bits per heavy atom. The van der Waals surface area contributed by atoms with Gasteiger partial charge in [0, 0.05) is 5.02 Å². The van der Waals surface area contributed by atoms with Gasteiger partial charge in [-0.1, -0.05) is 11.6 Å². The summed E-state index contributed by atoms with van der Waals surface area (Å²) in [7, 11) is 0. The standard InChI is InChI=1S/C8H7Cl/c1-6-3-4-8(9)7(2)5-6/h4H,1-2H3. The van der Waals surface area contributed by atoms with E-state index in [9.17, 15) is 0 Å². The van der Waals surface area contributed by atoms with Crippen molar-refractivity contribution in [2.75, 3.05) is 0 Å². The van der Waals surface area contributed by atoms with Crippen molar-refractivity contribution in [3.63, 3.8) is 0 Å². The molecule has 0 spiro atoms. The van der Waals surface area contributed by atoms with Crippen molar-refractivity contribution in [3.8, 4) is 0 Å². The van der Waals surface area contributed by atoms with Crippen LogP contribution in [0, 0.1) is 26.0 Å². The van der Waals surface area contributed by atoms with E-state index < -0.39 is 0 Å². The molecule has 0 unspecified atom stereocenters. The van der Waals surface area contributed by atoms with Gasteiger partial charge in [0.05, 0.1) is 0 Å². The number of halogens is 1. The van der Waals surface area contributed by atoms with Gasteiger partial charge >= 0.3 is 0 Å². The maximum absolute atomic E-state index is 5.72. The molecule has 1 heteroatoms. The van der Waals surface area contributed by atoms with E-state index in [0.29, 0.717) is 0 Å². The molecule has 9 heavy (non-hydrogen) atoms. The molecule has 2 radical (unpaired) electrons. The monoisotopic (exact) mass is 138 g/mol. The van der Waals surface area contributed by atoms with Crippen molar-refractivity contribution in [1.29, 1.82) is 0 Å². The number of benzene rings is 1. The molecule has 46 valence electrons. The lowest BCUT2D eigenvalue weighted by Gasteiger charge is -1.94. The first-order chi connectivity index (χ1) is 4.20. The first-order valence-corrected chi connectivity index (χ1v) is 3.14. The third-order valence-electron chi connectivity index (χ3n) is 1.15. The normalized spacial score (nSPS) is 9.67. The maximum atomic E-state index is 5.72. The Morgan fingerprint density at radius 1 is 1.44 bits per heavy atom. The number of aryl methyl sites for hydroxylation is 2. The Bertz CT molecular complexity index is 216. The van der Waals surface area contributed by atoms with E-state index in [4.69, 9.17) is 11.6 Å². The van der Waals surface area contributed by atoms with Gasteiger partial charge in [-0.2, -0.15) is 0 Å². The van der Waals surface area contributed by atoms with Gasteiger partial charge in [-0.15, -0.1) is 0 Å². The molecule has 0 aliphatic rings. The summed E-state index contributed by atoms with van der Waals surface area (Å²) in [6.07, 6.45) is 0. The number of hydrogen-bond donors (Lipinski definition) is 0. The third-order valence-corrected chi connectivity index (χ3v) is 1.54. The molecule has 0 N–H and O–H groups in total. The SMILES string of the molecule is Cc1[c]cc(Cl)c(C)[c]1. The maximum Gasteiger partial charge on any atom is 0.0447 e. The largest absolute Gasteiger partial charge is 0.0840 e. The zero-order chi connectivity index (χ0) is 6.85. The molecule has 0 aliphatic carbocycles. The van der Waals surface area contributed by atoms with Crippen molar-refractivity contribution in [3.05, 3.63) is 34.3 Å². The Kier molecular flexibility index (Phi) is 1.77. The fourth-order valence-electron chi connectivity index (χ4n) is 0.657. The van der Waals surface area contributed by atoms with Gasteiger partial charge in [-0.05, 0) is 43.2 Å². The van der Waals surface area contributed by atoms with Gasteiger partial charge in [0.25, 0.3) is 0 Å². The molecule has 0 nitrogen and oxygen atoms in total. The van der Waals surface area contributed by atoms with E-state index in [0.717, 1.165) is 16.1 Å². The summed E-state index contributed by atoms with van der Waals surface area (Å²) >= 11 is 5.72. The first kappa shape index (κ1) is 6.63. The summed E-state index contributed by atoms with van der Waals surface area (Å²) in [5, 5.41) is 0.737. The third kappa shape index (κ3) is 1.46. The van der Waals surface area contributed by atoms with Crippen molar-refractivity contribution in [2.24, 2.45) is 0 Å². The van der Waals surface area contributed by atoms with Gasteiger partial charge in [0.2, 0.25) is 0 Å². The van der Waals surface area contributed by atoms with Gasteiger partial charge < -0.3 is 0 Å². The molecule has 0 bridgehead atoms. The zero-order valence-electron chi connectivity index (χ0n) is 5.46. The highest BCUT2D eigenvalue weighted by Crippen LogP contribution is 2.13. The lowest BCUT2D eigenvalue weighted by molar-refractivity contribution is 1.36. The van der Waals surface area contributed by atoms with Crippen molar-refractivity contribution < 1.29 is 0 Å². The van der Waals surface area contributed by atoms with Crippen LogP contribution >= 0.6 is 11.6 Å². The summed E-state index contributed by atoms with van der Waals surface area (Å²) in [6, 6.07) is 7.77. The van der Waals surface area contributed by atoms with Crippen LogP contribution in [-0.4, -0.2) is 0 Å². The van der Waals surface area contributed by atoms with Crippen LogP contribution in [0.25, 0.3) is 0 Å². The van der Waals surface area contributed by atoms with Crippen LogP contribution in [0.2, 0.25) is 5.02 Å². The topological polar surface area (TPSA) is 0 Å². The number of hydrogen-bond acceptors (Lipinski definition) is 0. The minimum atomic E-state index is 0.737. The van der Waals surface area contributed by atoms with Crippen LogP contribution in [-0.2, 0) is 0 Å². The lowest BCUT2D eigenvalue weighted by Crippen LogP contribution is -1.77. The van der Waals surface area contributed by atoms with E-state index in [1.807, 2.05) is 13.8 Å². The van der Waals surface area contributed by atoms with E-state index in [1.165, 1.54) is 0 Å². The smallest absolute Gasteiger partial charge is 0.0447 e. The van der Waals surface area contributed by atoms with Crippen LogP contribution in [0.5, 0.6) is 0 Å². The molecule has 0 heterocycles. The van der Waals surface area contributed by atoms with Crippen molar-refractivity contribution >= 4 is 11.6 Å². The molecule has 0 aliphatic heterocycles. The van der Waals surface area contributed by atoms with Crippen LogP contribution in [0.15, 0.2) is 6.07 Å². The predicted octanol–water partition coefficient (Wildman–Crippen LogP) is 2.56. The summed E-state index contributed by atoms with van der Waals surface area (Å²) in [5.41, 5.74) is 2.00. The molecular weight excluding hydrogens is 132 g/mol. The van der Waals surface area contributed by atoms with Gasteiger partial charge in [0.15, 0.2) is 0 Å². The van der Waals surface area contributed by atoms with E-state index in [-0.39, 0.29) is 0 Å². The predicted molar refractivity (Wildman–Crippen MR) is 38.6 cm³/mol. The van der Waals surface area contributed by atoms with Gasteiger partial charge in [0.1, 0.15) is 0 Å². The molecule has 0 saturated heterocycles. The van der Waals surface area contributed by atoms with Crippen molar-refractivity contribution in [2.45, 2.75) is 13.8 Å². The Labute approximate surface area is 60.5 Å². The first-order valence-electron chi connectivity index (χ1n) is 2.77. The Morgan fingerprint density at radius 2 is 2.11 bits per heavy atom. The van der Waals surface area contributed by atoms with E-state index in [2.05, 4.69) is 12.1 Å². The summed E-state index contributed by atoms with van der Waals surface area (Å²) in [6.45, 7) is 3.88. The summed E-state index contributed by atoms with van der Waals surface area (Å²) in [4.78, 5) is 0. The summed E-state index contributed by atoms with van der Waals surface area (Å²) < 4.78 is 0. The zero-order valence-corrected chi connectivity index (χ0v) is 6.21. The molecule has 0 saturated carbocycles. The Balaban J connectivity index is 3.17. The molecule has 1 rings (SSSR count). The number of rotatable bonds is 0. The second-order valence-electron chi connectivity index (χ2n) is 2.01. The molecule has 0 amide bonds. The quantitative estimate of drug-likeness (QED) is 0.517. The minimum Gasteiger partial charge on any atom is -0.0840 e. The molecule has 0 aromatic heterocycles. The minimum absolute atomic E-state index is 0.737. The highest BCUT2D eigenvalue weighted by atomic mass is 35.5. The molecular formula is C8H7Cl. The average Bonchev–Trinajstić information content (AvgIpc) is 1.80. The van der Waals surface area contributed by atoms with E-state index >= 15 is 0 Å². The van der Waals surface area contributed by atoms with Gasteiger partial charge in [-0.25, -0.2) is 0 Å². The molecule has 0 fully saturated rings. The summed E-state index contributed by atoms with van der Waals surface area (Å²) in [5.74, 6) is 0. The molecule has 1 aromatic carbocycles.